The van der Waals surface area contributed by atoms with Crippen molar-refractivity contribution in [1.29, 1.82) is 0 Å². The molecule has 0 aliphatic heterocycles. The summed E-state index contributed by atoms with van der Waals surface area (Å²) in [6.45, 7) is 1.60. The molecule has 2 N–H and O–H groups in total. The molecule has 4 nitrogen and oxygen atoms in total. The molecule has 0 amide bonds. The summed E-state index contributed by atoms with van der Waals surface area (Å²) < 4.78 is 59.9. The van der Waals surface area contributed by atoms with Crippen molar-refractivity contribution in [3.8, 4) is 0 Å². The van der Waals surface area contributed by atoms with Crippen LogP contribution in [0.1, 0.15) is 24.2 Å². The maximum absolute atomic E-state index is 12.6. The molecule has 0 heterocycles. The Kier molecular flexibility index (Phi) is 5.77. The molecular formula is C13H18F3NO3S. The second kappa shape index (κ2) is 6.76. The number of aliphatic hydroxyl groups excluding tert-OH is 1. The van der Waals surface area contributed by atoms with Crippen molar-refractivity contribution >= 4 is 9.84 Å². The van der Waals surface area contributed by atoms with Gasteiger partial charge in [0.1, 0.15) is 9.84 Å². The lowest BCUT2D eigenvalue weighted by molar-refractivity contribution is -0.137. The Hall–Kier alpha value is -1.12. The fraction of sp³-hybridized carbons (Fsp3) is 0.538. The van der Waals surface area contributed by atoms with Gasteiger partial charge in [0.15, 0.2) is 0 Å². The lowest BCUT2D eigenvalue weighted by atomic mass is 10.1. The van der Waals surface area contributed by atoms with Crippen LogP contribution in [0.25, 0.3) is 0 Å². The van der Waals surface area contributed by atoms with Crippen molar-refractivity contribution in [3.05, 3.63) is 35.4 Å². The van der Waals surface area contributed by atoms with Crippen LogP contribution < -0.4 is 5.32 Å². The second-order valence-corrected chi connectivity index (χ2v) is 7.23. The van der Waals surface area contributed by atoms with Crippen molar-refractivity contribution in [1.82, 2.24) is 5.32 Å². The molecule has 0 fully saturated rings. The van der Waals surface area contributed by atoms with Crippen LogP contribution in [0, 0.1) is 0 Å². The first kappa shape index (κ1) is 17.9. The van der Waals surface area contributed by atoms with E-state index in [2.05, 4.69) is 5.32 Å². The Morgan fingerprint density at radius 1 is 1.33 bits per heavy atom. The highest BCUT2D eigenvalue weighted by molar-refractivity contribution is 7.90. The molecule has 0 aromatic heterocycles. The average molecular weight is 325 g/mol. The van der Waals surface area contributed by atoms with Gasteiger partial charge in [-0.05, 0) is 24.6 Å². The maximum atomic E-state index is 12.6. The first-order valence-corrected chi connectivity index (χ1v) is 8.31. The predicted molar refractivity (Wildman–Crippen MR) is 73.6 cm³/mol. The number of hydrogen-bond acceptors (Lipinski definition) is 4. The van der Waals surface area contributed by atoms with E-state index in [1.54, 1.807) is 6.92 Å². The van der Waals surface area contributed by atoms with Crippen molar-refractivity contribution in [2.75, 3.05) is 18.6 Å². The first-order valence-electron chi connectivity index (χ1n) is 6.25. The summed E-state index contributed by atoms with van der Waals surface area (Å²) in [6.07, 6.45) is -4.52. The average Bonchev–Trinajstić information content (AvgIpc) is 2.33. The molecule has 1 aromatic rings. The van der Waals surface area contributed by atoms with Gasteiger partial charge in [-0.3, -0.25) is 0 Å². The van der Waals surface area contributed by atoms with Gasteiger partial charge in [-0.25, -0.2) is 8.42 Å². The number of sulfone groups is 1. The molecule has 0 saturated carbocycles. The summed E-state index contributed by atoms with van der Waals surface area (Å²) in [7, 11) is -3.15. The molecule has 1 aromatic carbocycles. The Morgan fingerprint density at radius 2 is 1.95 bits per heavy atom. The number of benzene rings is 1. The van der Waals surface area contributed by atoms with Crippen molar-refractivity contribution < 1.29 is 26.7 Å². The standard InChI is InChI=1S/C13H18F3NO3S/c1-9(8-21(2,19)20)17-7-12(18)10-4-3-5-11(6-10)13(14,15)16/h3-6,9,12,17-18H,7-8H2,1-2H3. The molecular weight excluding hydrogens is 307 g/mol. The van der Waals surface area contributed by atoms with Gasteiger partial charge in [-0.15, -0.1) is 0 Å². The highest BCUT2D eigenvalue weighted by atomic mass is 32.2. The largest absolute Gasteiger partial charge is 0.416 e. The Morgan fingerprint density at radius 3 is 2.48 bits per heavy atom. The lowest BCUT2D eigenvalue weighted by Gasteiger charge is -2.17. The summed E-state index contributed by atoms with van der Waals surface area (Å²) >= 11 is 0. The first-order chi connectivity index (χ1) is 9.49. The minimum absolute atomic E-state index is 0.0298. The van der Waals surface area contributed by atoms with Crippen LogP contribution >= 0.6 is 0 Å². The predicted octanol–water partition coefficient (Wildman–Crippen LogP) is 1.76. The van der Waals surface area contributed by atoms with Gasteiger partial charge in [0.25, 0.3) is 0 Å². The molecule has 0 spiro atoms. The van der Waals surface area contributed by atoms with E-state index in [0.717, 1.165) is 18.4 Å². The Balaban J connectivity index is 2.66. The minimum Gasteiger partial charge on any atom is -0.387 e. The zero-order chi connectivity index (χ0) is 16.3. The summed E-state index contributed by atoms with van der Waals surface area (Å²) in [5.41, 5.74) is -0.702. The highest BCUT2D eigenvalue weighted by Gasteiger charge is 2.30. The van der Waals surface area contributed by atoms with Crippen LogP contribution in [0.4, 0.5) is 13.2 Å². The van der Waals surface area contributed by atoms with E-state index in [4.69, 9.17) is 0 Å². The summed E-state index contributed by atoms with van der Waals surface area (Å²) in [6, 6.07) is 4.02. The van der Waals surface area contributed by atoms with E-state index < -0.39 is 33.7 Å². The Labute approximate surface area is 121 Å². The Bertz CT molecular complexity index is 572. The summed E-state index contributed by atoms with van der Waals surface area (Å²) in [5, 5.41) is 12.7. The normalized spacial score (nSPS) is 15.7. The van der Waals surface area contributed by atoms with Crippen molar-refractivity contribution in [2.24, 2.45) is 0 Å². The third kappa shape index (κ3) is 6.45. The smallest absolute Gasteiger partial charge is 0.387 e. The highest BCUT2D eigenvalue weighted by Crippen LogP contribution is 2.30. The maximum Gasteiger partial charge on any atom is 0.416 e. The fourth-order valence-electron chi connectivity index (χ4n) is 1.87. The van der Waals surface area contributed by atoms with Crippen LogP contribution in [0.15, 0.2) is 24.3 Å². The van der Waals surface area contributed by atoms with Crippen LogP contribution in [0.5, 0.6) is 0 Å². The van der Waals surface area contributed by atoms with Gasteiger partial charge in [0, 0.05) is 18.8 Å². The van der Waals surface area contributed by atoms with Crippen LogP contribution in [-0.2, 0) is 16.0 Å². The van der Waals surface area contributed by atoms with Crippen molar-refractivity contribution in [3.63, 3.8) is 0 Å². The van der Waals surface area contributed by atoms with Gasteiger partial charge in [0.2, 0.25) is 0 Å². The third-order valence-corrected chi connectivity index (χ3v) is 3.92. The van der Waals surface area contributed by atoms with E-state index >= 15 is 0 Å². The van der Waals surface area contributed by atoms with Gasteiger partial charge in [0.05, 0.1) is 17.4 Å². The lowest BCUT2D eigenvalue weighted by Crippen LogP contribution is -2.35. The van der Waals surface area contributed by atoms with Crippen LogP contribution in [0.2, 0.25) is 0 Å². The van der Waals surface area contributed by atoms with Gasteiger partial charge in [-0.1, -0.05) is 12.1 Å². The second-order valence-electron chi connectivity index (χ2n) is 5.04. The minimum atomic E-state index is -4.47. The van der Waals surface area contributed by atoms with E-state index in [1.165, 1.54) is 12.1 Å². The number of hydrogen-bond donors (Lipinski definition) is 2. The number of alkyl halides is 3. The molecule has 2 atom stereocenters. The zero-order valence-corrected chi connectivity index (χ0v) is 12.5. The SMILES string of the molecule is CC(CS(C)(=O)=O)NCC(O)c1cccc(C(F)(F)F)c1. The monoisotopic (exact) mass is 325 g/mol. The molecule has 0 aliphatic rings. The molecule has 0 saturated heterocycles. The van der Waals surface area contributed by atoms with E-state index in [0.29, 0.717) is 0 Å². The van der Waals surface area contributed by atoms with Gasteiger partial charge >= 0.3 is 6.18 Å². The molecule has 0 bridgehead atoms. The van der Waals surface area contributed by atoms with E-state index in [1.807, 2.05) is 0 Å². The fourth-order valence-corrected chi connectivity index (χ4v) is 2.89. The molecule has 120 valence electrons. The molecule has 8 heteroatoms. The van der Waals surface area contributed by atoms with E-state index in [9.17, 15) is 26.7 Å². The summed E-state index contributed by atoms with van der Waals surface area (Å²) in [4.78, 5) is 0. The van der Waals surface area contributed by atoms with Gasteiger partial charge < -0.3 is 10.4 Å². The molecule has 0 aliphatic carbocycles. The number of nitrogens with one attached hydrogen (secondary N) is 1. The molecule has 0 radical (unpaired) electrons. The number of rotatable bonds is 6. The number of halogens is 3. The molecule has 21 heavy (non-hydrogen) atoms. The van der Waals surface area contributed by atoms with Crippen LogP contribution in [-0.4, -0.2) is 38.1 Å². The van der Waals surface area contributed by atoms with E-state index in [-0.39, 0.29) is 17.9 Å². The number of aliphatic hydroxyl groups is 1. The zero-order valence-electron chi connectivity index (χ0n) is 11.7. The van der Waals surface area contributed by atoms with Crippen molar-refractivity contribution in [2.45, 2.75) is 25.2 Å². The quantitative estimate of drug-likeness (QED) is 0.836. The van der Waals surface area contributed by atoms with Crippen LogP contribution in [0.3, 0.4) is 0 Å². The van der Waals surface area contributed by atoms with Gasteiger partial charge in [-0.2, -0.15) is 13.2 Å². The molecule has 1 rings (SSSR count). The molecule has 2 unspecified atom stereocenters. The topological polar surface area (TPSA) is 66.4 Å². The summed E-state index contributed by atoms with van der Waals surface area (Å²) in [5.74, 6) is -0.109. The third-order valence-electron chi connectivity index (χ3n) is 2.81.